The van der Waals surface area contributed by atoms with Gasteiger partial charge in [-0.2, -0.15) is 0 Å². The van der Waals surface area contributed by atoms with Crippen molar-refractivity contribution in [3.8, 4) is 11.5 Å². The largest absolute Gasteiger partial charge is 0.481 e. The molecule has 0 fully saturated rings. The Balaban J connectivity index is 2.04. The Morgan fingerprint density at radius 1 is 1.08 bits per heavy atom. The molecule has 3 rings (SSSR count). The van der Waals surface area contributed by atoms with Gasteiger partial charge in [0, 0.05) is 22.7 Å². The average Bonchev–Trinajstić information content (AvgIpc) is 3.09. The standard InChI is InChI=1S/C18H16N2O4/c1-22-17(19)11-4-3-5-12(10-11)24-15-7-6-14-13(8-9-20-14)16(15)18(21)23-2/h3-10,19-20H,1-2H3. The second-order valence-corrected chi connectivity index (χ2v) is 5.03. The van der Waals surface area contributed by atoms with E-state index in [1.165, 1.54) is 14.2 Å². The van der Waals surface area contributed by atoms with Gasteiger partial charge < -0.3 is 19.2 Å². The monoisotopic (exact) mass is 324 g/mol. The first kappa shape index (κ1) is 15.6. The maximum atomic E-state index is 12.2. The van der Waals surface area contributed by atoms with Crippen molar-refractivity contribution in [2.45, 2.75) is 0 Å². The SMILES string of the molecule is COC(=N)c1cccc(Oc2ccc3[nH]ccc3c2C(=O)OC)c1. The minimum absolute atomic E-state index is 0.0368. The van der Waals surface area contributed by atoms with Gasteiger partial charge in [0.05, 0.1) is 14.2 Å². The normalized spacial score (nSPS) is 10.4. The summed E-state index contributed by atoms with van der Waals surface area (Å²) in [6.45, 7) is 0. The molecule has 1 heterocycles. The van der Waals surface area contributed by atoms with E-state index < -0.39 is 5.97 Å². The van der Waals surface area contributed by atoms with Crippen LogP contribution in [0.5, 0.6) is 11.5 Å². The fourth-order valence-corrected chi connectivity index (χ4v) is 2.46. The molecule has 24 heavy (non-hydrogen) atoms. The van der Waals surface area contributed by atoms with E-state index in [0.29, 0.717) is 22.6 Å². The summed E-state index contributed by atoms with van der Waals surface area (Å²) in [7, 11) is 2.77. The number of carbonyl (C=O) groups is 1. The summed E-state index contributed by atoms with van der Waals surface area (Å²) in [4.78, 5) is 15.2. The van der Waals surface area contributed by atoms with E-state index in [1.807, 2.05) is 6.07 Å². The van der Waals surface area contributed by atoms with Gasteiger partial charge in [0.15, 0.2) is 0 Å². The number of hydrogen-bond donors (Lipinski definition) is 2. The minimum Gasteiger partial charge on any atom is -0.481 e. The number of fused-ring (bicyclic) bond motifs is 1. The highest BCUT2D eigenvalue weighted by Crippen LogP contribution is 2.32. The first-order valence-corrected chi connectivity index (χ1v) is 7.23. The number of nitrogens with one attached hydrogen (secondary N) is 2. The lowest BCUT2D eigenvalue weighted by Crippen LogP contribution is -2.05. The van der Waals surface area contributed by atoms with Crippen molar-refractivity contribution >= 4 is 22.8 Å². The summed E-state index contributed by atoms with van der Waals surface area (Å²) in [5.74, 6) is 0.440. The predicted molar refractivity (Wildman–Crippen MR) is 90.0 cm³/mol. The zero-order chi connectivity index (χ0) is 17.1. The highest BCUT2D eigenvalue weighted by Gasteiger charge is 2.18. The van der Waals surface area contributed by atoms with Gasteiger partial charge in [0.1, 0.15) is 17.1 Å². The number of H-pyrrole nitrogens is 1. The molecule has 0 aliphatic heterocycles. The topological polar surface area (TPSA) is 84.4 Å². The molecule has 0 saturated carbocycles. The summed E-state index contributed by atoms with van der Waals surface area (Å²) >= 11 is 0. The molecule has 0 atom stereocenters. The first-order valence-electron chi connectivity index (χ1n) is 7.23. The van der Waals surface area contributed by atoms with E-state index in [2.05, 4.69) is 4.98 Å². The third-order valence-electron chi connectivity index (χ3n) is 3.61. The van der Waals surface area contributed by atoms with Gasteiger partial charge in [0.2, 0.25) is 5.90 Å². The van der Waals surface area contributed by atoms with Crippen LogP contribution in [0.4, 0.5) is 0 Å². The number of carbonyl (C=O) groups excluding carboxylic acids is 1. The third-order valence-corrected chi connectivity index (χ3v) is 3.61. The van der Waals surface area contributed by atoms with Crippen molar-refractivity contribution in [3.05, 3.63) is 59.8 Å². The number of benzene rings is 2. The maximum absolute atomic E-state index is 12.2. The quantitative estimate of drug-likeness (QED) is 0.435. The average molecular weight is 324 g/mol. The van der Waals surface area contributed by atoms with Gasteiger partial charge in [-0.1, -0.05) is 6.07 Å². The fourth-order valence-electron chi connectivity index (χ4n) is 2.46. The van der Waals surface area contributed by atoms with Gasteiger partial charge in [-0.3, -0.25) is 5.41 Å². The van der Waals surface area contributed by atoms with Crippen LogP contribution < -0.4 is 4.74 Å². The molecule has 0 aliphatic carbocycles. The van der Waals surface area contributed by atoms with Crippen LogP contribution in [0.1, 0.15) is 15.9 Å². The van der Waals surface area contributed by atoms with Crippen molar-refractivity contribution in [2.75, 3.05) is 14.2 Å². The van der Waals surface area contributed by atoms with E-state index in [0.717, 1.165) is 10.9 Å². The molecular weight excluding hydrogens is 308 g/mol. The number of aromatic amines is 1. The number of esters is 1. The molecule has 2 aromatic carbocycles. The third kappa shape index (κ3) is 2.81. The van der Waals surface area contributed by atoms with E-state index in [-0.39, 0.29) is 5.90 Å². The number of methoxy groups -OCH3 is 2. The molecule has 6 heteroatoms. The molecule has 0 aliphatic rings. The lowest BCUT2D eigenvalue weighted by molar-refractivity contribution is 0.0600. The van der Waals surface area contributed by atoms with Crippen molar-refractivity contribution in [1.29, 1.82) is 5.41 Å². The molecule has 122 valence electrons. The zero-order valence-corrected chi connectivity index (χ0v) is 13.3. The van der Waals surface area contributed by atoms with Gasteiger partial charge in [-0.15, -0.1) is 0 Å². The van der Waals surface area contributed by atoms with E-state index in [1.54, 1.807) is 42.6 Å². The molecule has 0 radical (unpaired) electrons. The molecule has 6 nitrogen and oxygen atoms in total. The molecule has 0 spiro atoms. The van der Waals surface area contributed by atoms with Crippen molar-refractivity contribution < 1.29 is 19.0 Å². The van der Waals surface area contributed by atoms with E-state index >= 15 is 0 Å². The van der Waals surface area contributed by atoms with Gasteiger partial charge in [-0.05, 0) is 36.4 Å². The Kier molecular flexibility index (Phi) is 4.20. The minimum atomic E-state index is -0.476. The van der Waals surface area contributed by atoms with Crippen LogP contribution in [-0.4, -0.2) is 31.1 Å². The number of ether oxygens (including phenoxy) is 3. The summed E-state index contributed by atoms with van der Waals surface area (Å²) in [6, 6.07) is 12.3. The Morgan fingerprint density at radius 3 is 2.67 bits per heavy atom. The zero-order valence-electron chi connectivity index (χ0n) is 13.3. The molecule has 0 saturated heterocycles. The van der Waals surface area contributed by atoms with Crippen molar-refractivity contribution in [3.63, 3.8) is 0 Å². The Morgan fingerprint density at radius 2 is 1.92 bits per heavy atom. The van der Waals surface area contributed by atoms with E-state index in [9.17, 15) is 4.79 Å². The van der Waals surface area contributed by atoms with Crippen molar-refractivity contribution in [2.24, 2.45) is 0 Å². The van der Waals surface area contributed by atoms with Crippen LogP contribution in [0, 0.1) is 5.41 Å². The molecule has 2 N–H and O–H groups in total. The maximum Gasteiger partial charge on any atom is 0.342 e. The van der Waals surface area contributed by atoms with Crippen LogP contribution in [0.3, 0.4) is 0 Å². The lowest BCUT2D eigenvalue weighted by atomic mass is 10.1. The summed E-state index contributed by atoms with van der Waals surface area (Å²) in [6.07, 6.45) is 1.75. The number of rotatable bonds is 4. The highest BCUT2D eigenvalue weighted by atomic mass is 16.5. The van der Waals surface area contributed by atoms with Gasteiger partial charge >= 0.3 is 5.97 Å². The summed E-state index contributed by atoms with van der Waals surface area (Å²) < 4.78 is 15.7. The molecule has 0 unspecified atom stereocenters. The molecule has 0 amide bonds. The van der Waals surface area contributed by atoms with Crippen LogP contribution in [0.2, 0.25) is 0 Å². The number of aromatic nitrogens is 1. The first-order chi connectivity index (χ1) is 11.6. The Bertz CT molecular complexity index is 914. The second kappa shape index (κ2) is 6.45. The van der Waals surface area contributed by atoms with Crippen molar-refractivity contribution in [1.82, 2.24) is 4.98 Å². The highest BCUT2D eigenvalue weighted by molar-refractivity contribution is 6.06. The van der Waals surface area contributed by atoms with Crippen LogP contribution in [0.15, 0.2) is 48.7 Å². The molecule has 0 bridgehead atoms. The van der Waals surface area contributed by atoms with Crippen LogP contribution >= 0.6 is 0 Å². The van der Waals surface area contributed by atoms with Gasteiger partial charge in [-0.25, -0.2) is 4.79 Å². The summed E-state index contributed by atoms with van der Waals surface area (Å²) in [5, 5.41) is 8.45. The van der Waals surface area contributed by atoms with Crippen LogP contribution in [0.25, 0.3) is 10.9 Å². The Hall–Kier alpha value is -3.28. The predicted octanol–water partition coefficient (Wildman–Crippen LogP) is 3.72. The Labute approximate surface area is 138 Å². The van der Waals surface area contributed by atoms with Gasteiger partial charge in [0.25, 0.3) is 0 Å². The van der Waals surface area contributed by atoms with Crippen LogP contribution in [-0.2, 0) is 9.47 Å². The lowest BCUT2D eigenvalue weighted by Gasteiger charge is -2.12. The second-order valence-electron chi connectivity index (χ2n) is 5.03. The molecule has 1 aromatic heterocycles. The summed E-state index contributed by atoms with van der Waals surface area (Å²) in [5.41, 5.74) is 1.75. The fraction of sp³-hybridized carbons (Fsp3) is 0.111. The van der Waals surface area contributed by atoms with E-state index in [4.69, 9.17) is 19.6 Å². The smallest absolute Gasteiger partial charge is 0.342 e. The number of hydrogen-bond acceptors (Lipinski definition) is 5. The molecule has 3 aromatic rings. The molecular formula is C18H16N2O4.